The van der Waals surface area contributed by atoms with Crippen LogP contribution >= 0.6 is 24.0 Å². The molecule has 2 rings (SSSR count). The van der Waals surface area contributed by atoms with Crippen LogP contribution < -0.4 is 11.1 Å². The number of hydrogen-bond acceptors (Lipinski definition) is 3. The van der Waals surface area contributed by atoms with Gasteiger partial charge in [-0.3, -0.25) is 4.79 Å². The van der Waals surface area contributed by atoms with E-state index in [9.17, 15) is 4.79 Å². The van der Waals surface area contributed by atoms with Crippen LogP contribution in [0.1, 0.15) is 31.4 Å². The zero-order chi connectivity index (χ0) is 13.8. The van der Waals surface area contributed by atoms with Gasteiger partial charge in [0, 0.05) is 11.6 Å². The highest BCUT2D eigenvalue weighted by molar-refractivity contribution is 6.31. The summed E-state index contributed by atoms with van der Waals surface area (Å²) in [6, 6.07) is 7.36. The lowest BCUT2D eigenvalue weighted by Gasteiger charge is -2.18. The molecule has 6 heteroatoms. The fraction of sp³-hybridized carbons (Fsp3) is 0.500. The second-order valence-corrected chi connectivity index (χ2v) is 5.22. The van der Waals surface area contributed by atoms with E-state index in [1.54, 1.807) is 0 Å². The Balaban J connectivity index is 0.00000200. The summed E-state index contributed by atoms with van der Waals surface area (Å²) in [5.41, 5.74) is 6.44. The third-order valence-electron chi connectivity index (χ3n) is 3.39. The molecule has 0 aliphatic carbocycles. The van der Waals surface area contributed by atoms with Crippen molar-refractivity contribution in [2.45, 2.75) is 38.0 Å². The molecule has 3 atom stereocenters. The Bertz CT molecular complexity index is 457. The monoisotopic (exact) mass is 318 g/mol. The highest BCUT2D eigenvalue weighted by atomic mass is 35.5. The molecule has 1 saturated heterocycles. The van der Waals surface area contributed by atoms with Crippen molar-refractivity contribution in [3.05, 3.63) is 34.9 Å². The molecule has 0 radical (unpaired) electrons. The number of ether oxygens (including phenoxy) is 1. The molecule has 20 heavy (non-hydrogen) atoms. The molecule has 3 N–H and O–H groups in total. The lowest BCUT2D eigenvalue weighted by atomic mass is 10.1. The molecule has 1 heterocycles. The Labute approximate surface area is 130 Å². The average Bonchev–Trinajstić information content (AvgIpc) is 2.88. The van der Waals surface area contributed by atoms with Gasteiger partial charge in [-0.1, -0.05) is 29.8 Å². The Morgan fingerprint density at radius 1 is 1.50 bits per heavy atom. The Morgan fingerprint density at radius 3 is 2.80 bits per heavy atom. The maximum atomic E-state index is 12.1. The van der Waals surface area contributed by atoms with E-state index >= 15 is 0 Å². The molecule has 1 aliphatic heterocycles. The van der Waals surface area contributed by atoms with E-state index in [0.29, 0.717) is 11.6 Å². The predicted molar refractivity (Wildman–Crippen MR) is 82.2 cm³/mol. The van der Waals surface area contributed by atoms with Crippen LogP contribution in [-0.2, 0) is 9.53 Å². The van der Waals surface area contributed by atoms with E-state index in [2.05, 4.69) is 5.32 Å². The average molecular weight is 319 g/mol. The zero-order valence-corrected chi connectivity index (χ0v) is 12.9. The van der Waals surface area contributed by atoms with Crippen LogP contribution in [0.4, 0.5) is 0 Å². The van der Waals surface area contributed by atoms with Gasteiger partial charge >= 0.3 is 0 Å². The van der Waals surface area contributed by atoms with Crippen molar-refractivity contribution >= 4 is 29.9 Å². The first kappa shape index (κ1) is 17.2. The molecule has 112 valence electrons. The van der Waals surface area contributed by atoms with Gasteiger partial charge in [0.2, 0.25) is 5.91 Å². The molecule has 0 aromatic heterocycles. The molecular formula is C14H20Cl2N2O2. The Hall–Kier alpha value is -0.810. The summed E-state index contributed by atoms with van der Waals surface area (Å²) in [5.74, 6) is -0.0941. The largest absolute Gasteiger partial charge is 0.364 e. The van der Waals surface area contributed by atoms with Gasteiger partial charge in [0.1, 0.15) is 6.10 Å². The minimum Gasteiger partial charge on any atom is -0.364 e. The third-order valence-corrected chi connectivity index (χ3v) is 3.74. The first-order valence-corrected chi connectivity index (χ1v) is 6.90. The highest BCUT2D eigenvalue weighted by Crippen LogP contribution is 2.24. The Morgan fingerprint density at radius 2 is 2.20 bits per heavy atom. The van der Waals surface area contributed by atoms with Gasteiger partial charge in [-0.25, -0.2) is 0 Å². The maximum absolute atomic E-state index is 12.1. The van der Waals surface area contributed by atoms with E-state index in [1.807, 2.05) is 31.2 Å². The maximum Gasteiger partial charge on any atom is 0.249 e. The molecular weight excluding hydrogens is 299 g/mol. The summed E-state index contributed by atoms with van der Waals surface area (Å²) in [6.45, 7) is 2.37. The smallest absolute Gasteiger partial charge is 0.249 e. The topological polar surface area (TPSA) is 64.4 Å². The summed E-state index contributed by atoms with van der Waals surface area (Å²) >= 11 is 6.11. The fourth-order valence-electron chi connectivity index (χ4n) is 2.28. The summed E-state index contributed by atoms with van der Waals surface area (Å²) in [4.78, 5) is 12.1. The van der Waals surface area contributed by atoms with E-state index in [4.69, 9.17) is 22.1 Å². The predicted octanol–water partition coefficient (Wildman–Crippen LogP) is 2.45. The number of rotatable bonds is 4. The first-order chi connectivity index (χ1) is 9.11. The molecule has 4 nitrogen and oxygen atoms in total. The molecule has 0 saturated carbocycles. The van der Waals surface area contributed by atoms with E-state index < -0.39 is 6.10 Å². The molecule has 1 amide bonds. The van der Waals surface area contributed by atoms with Crippen molar-refractivity contribution in [2.75, 3.05) is 6.54 Å². The number of halogens is 2. The highest BCUT2D eigenvalue weighted by Gasteiger charge is 2.30. The normalized spacial score (nSPS) is 22.9. The van der Waals surface area contributed by atoms with Crippen LogP contribution in [0, 0.1) is 0 Å². The molecule has 0 bridgehead atoms. The Kier molecular flexibility index (Phi) is 6.76. The number of amides is 1. The molecule has 1 aromatic rings. The number of carbonyl (C=O) groups excluding carboxylic acids is 1. The van der Waals surface area contributed by atoms with Crippen molar-refractivity contribution in [3.63, 3.8) is 0 Å². The summed E-state index contributed by atoms with van der Waals surface area (Å²) in [6.07, 6.45) is 1.18. The number of nitrogens with two attached hydrogens (primary N) is 1. The van der Waals surface area contributed by atoms with Crippen LogP contribution in [-0.4, -0.2) is 24.7 Å². The molecule has 1 fully saturated rings. The number of benzene rings is 1. The van der Waals surface area contributed by atoms with Gasteiger partial charge in [0.05, 0.1) is 12.1 Å². The minimum atomic E-state index is -0.390. The van der Waals surface area contributed by atoms with Gasteiger partial charge in [0.15, 0.2) is 0 Å². The number of nitrogens with one attached hydrogen (secondary N) is 1. The number of hydrogen-bond donors (Lipinski definition) is 2. The summed E-state index contributed by atoms with van der Waals surface area (Å²) in [5, 5.41) is 3.59. The van der Waals surface area contributed by atoms with Crippen molar-refractivity contribution in [3.8, 4) is 0 Å². The fourth-order valence-corrected chi connectivity index (χ4v) is 2.58. The standard InChI is InChI=1S/C14H19ClN2O2.ClH/c1-9(11-4-2-3-5-12(11)15)17-14(18)13-7-6-10(8-16)19-13;/h2-5,9-10,13H,6-8,16H2,1H3,(H,17,18);1H/t9?,10-,13+;/m1./s1. The quantitative estimate of drug-likeness (QED) is 0.896. The van der Waals surface area contributed by atoms with Gasteiger partial charge in [-0.05, 0) is 31.4 Å². The minimum absolute atomic E-state index is 0. The van der Waals surface area contributed by atoms with Crippen molar-refractivity contribution < 1.29 is 9.53 Å². The molecule has 1 aromatic carbocycles. The van der Waals surface area contributed by atoms with Gasteiger partial charge in [-0.2, -0.15) is 0 Å². The van der Waals surface area contributed by atoms with Crippen molar-refractivity contribution in [1.29, 1.82) is 0 Å². The zero-order valence-electron chi connectivity index (χ0n) is 11.3. The molecule has 1 aliphatic rings. The first-order valence-electron chi connectivity index (χ1n) is 6.52. The number of carbonyl (C=O) groups is 1. The summed E-state index contributed by atoms with van der Waals surface area (Å²) < 4.78 is 5.57. The summed E-state index contributed by atoms with van der Waals surface area (Å²) in [7, 11) is 0. The van der Waals surface area contributed by atoms with Crippen molar-refractivity contribution in [1.82, 2.24) is 5.32 Å². The second-order valence-electron chi connectivity index (χ2n) is 4.81. The van der Waals surface area contributed by atoms with Crippen LogP contribution in [0.15, 0.2) is 24.3 Å². The van der Waals surface area contributed by atoms with Crippen LogP contribution in [0.25, 0.3) is 0 Å². The lowest BCUT2D eigenvalue weighted by molar-refractivity contribution is -0.132. The van der Waals surface area contributed by atoms with Crippen LogP contribution in [0.2, 0.25) is 5.02 Å². The van der Waals surface area contributed by atoms with E-state index in [-0.39, 0.29) is 30.5 Å². The van der Waals surface area contributed by atoms with Gasteiger partial charge in [0.25, 0.3) is 0 Å². The van der Waals surface area contributed by atoms with Crippen LogP contribution in [0.3, 0.4) is 0 Å². The van der Waals surface area contributed by atoms with Gasteiger partial charge < -0.3 is 15.8 Å². The lowest BCUT2D eigenvalue weighted by Crippen LogP contribution is -2.37. The van der Waals surface area contributed by atoms with E-state index in [0.717, 1.165) is 18.4 Å². The van der Waals surface area contributed by atoms with E-state index in [1.165, 1.54) is 0 Å². The van der Waals surface area contributed by atoms with Crippen LogP contribution in [0.5, 0.6) is 0 Å². The second kappa shape index (κ2) is 7.84. The molecule has 0 spiro atoms. The third kappa shape index (κ3) is 4.09. The molecule has 1 unspecified atom stereocenters. The van der Waals surface area contributed by atoms with Crippen molar-refractivity contribution in [2.24, 2.45) is 5.73 Å². The van der Waals surface area contributed by atoms with Gasteiger partial charge in [-0.15, -0.1) is 12.4 Å². The SMILES string of the molecule is CC(NC(=O)[C@@H]1CC[C@H](CN)O1)c1ccccc1Cl.Cl.